The predicted molar refractivity (Wildman–Crippen MR) is 149 cm³/mol. The number of hydrogen-bond acceptors (Lipinski definition) is 8. The van der Waals surface area contributed by atoms with E-state index < -0.39 is 6.09 Å². The summed E-state index contributed by atoms with van der Waals surface area (Å²) in [6, 6.07) is 20.1. The molecule has 2 aromatic carbocycles. The van der Waals surface area contributed by atoms with Crippen molar-refractivity contribution in [3.63, 3.8) is 0 Å². The first-order valence-electron chi connectivity index (χ1n) is 12.6. The van der Waals surface area contributed by atoms with Crippen LogP contribution in [0.15, 0.2) is 84.1 Å². The molecule has 0 aliphatic carbocycles. The molecule has 0 saturated carbocycles. The van der Waals surface area contributed by atoms with Crippen LogP contribution in [0.1, 0.15) is 40.1 Å². The van der Waals surface area contributed by atoms with Crippen molar-refractivity contribution in [3.8, 4) is 0 Å². The van der Waals surface area contributed by atoms with Crippen molar-refractivity contribution < 1.29 is 19.1 Å². The number of hydrogen-bond donors (Lipinski definition) is 1. The van der Waals surface area contributed by atoms with Gasteiger partial charge in [-0.3, -0.25) is 14.8 Å². The summed E-state index contributed by atoms with van der Waals surface area (Å²) < 4.78 is 11.0. The molecule has 4 aromatic rings. The van der Waals surface area contributed by atoms with Gasteiger partial charge >= 0.3 is 12.1 Å². The maximum absolute atomic E-state index is 12.7. The Morgan fingerprint density at radius 1 is 0.763 bits per heavy atom. The third kappa shape index (κ3) is 9.72. The predicted octanol–water partition coefficient (Wildman–Crippen LogP) is 6.21. The van der Waals surface area contributed by atoms with Gasteiger partial charge in [0, 0.05) is 24.9 Å². The Bertz CT molecular complexity index is 1120. The van der Waals surface area contributed by atoms with Gasteiger partial charge in [-0.25, -0.2) is 4.79 Å². The molecule has 0 aliphatic heterocycles. The summed E-state index contributed by atoms with van der Waals surface area (Å²) >= 11 is 2.91. The van der Waals surface area contributed by atoms with Gasteiger partial charge in [0.15, 0.2) is 0 Å². The van der Waals surface area contributed by atoms with E-state index >= 15 is 0 Å². The van der Waals surface area contributed by atoms with E-state index in [2.05, 4.69) is 39.6 Å². The van der Waals surface area contributed by atoms with E-state index in [1.54, 1.807) is 23.4 Å². The molecule has 1 N–H and O–H groups in total. The fraction of sp³-hybridized carbons (Fsp3) is 0.310. The van der Waals surface area contributed by atoms with Gasteiger partial charge in [0.05, 0.1) is 20.8 Å². The number of esters is 1. The molecular weight excluding hydrogens is 518 g/mol. The van der Waals surface area contributed by atoms with Crippen LogP contribution in [0, 0.1) is 5.92 Å². The topological polar surface area (TPSA) is 90.4 Å². The fourth-order valence-corrected chi connectivity index (χ4v) is 5.21. The minimum atomic E-state index is -0.456. The summed E-state index contributed by atoms with van der Waals surface area (Å²) in [5.74, 6) is -0.157. The van der Waals surface area contributed by atoms with E-state index in [4.69, 9.17) is 9.47 Å². The highest BCUT2D eigenvalue weighted by molar-refractivity contribution is 7.09. The number of ether oxygens (including phenoxy) is 2. The van der Waals surface area contributed by atoms with Crippen molar-refractivity contribution in [1.82, 2.24) is 15.3 Å². The molecule has 38 heavy (non-hydrogen) atoms. The largest absolute Gasteiger partial charge is 0.460 e. The Kier molecular flexibility index (Phi) is 10.8. The number of benzene rings is 2. The lowest BCUT2D eigenvalue weighted by molar-refractivity contribution is -0.146. The molecular formula is C29H31N3O4S2. The zero-order chi connectivity index (χ0) is 26.4. The van der Waals surface area contributed by atoms with Crippen LogP contribution in [0.3, 0.4) is 0 Å². The van der Waals surface area contributed by atoms with Crippen LogP contribution in [0.4, 0.5) is 4.79 Å². The molecule has 2 aromatic heterocycles. The summed E-state index contributed by atoms with van der Waals surface area (Å²) in [7, 11) is 0. The highest BCUT2D eigenvalue weighted by Gasteiger charge is 2.21. The van der Waals surface area contributed by atoms with Gasteiger partial charge in [-0.15, -0.1) is 22.7 Å². The number of carbonyl (C=O) groups is 2. The molecule has 0 unspecified atom stereocenters. The van der Waals surface area contributed by atoms with Crippen molar-refractivity contribution >= 4 is 34.7 Å². The molecule has 0 radical (unpaired) electrons. The number of alkyl carbamates (subject to hydrolysis) is 1. The van der Waals surface area contributed by atoms with E-state index in [0.29, 0.717) is 19.3 Å². The number of amides is 1. The Balaban J connectivity index is 1.38. The van der Waals surface area contributed by atoms with Crippen LogP contribution >= 0.6 is 22.7 Å². The van der Waals surface area contributed by atoms with Crippen LogP contribution in [-0.4, -0.2) is 28.1 Å². The van der Waals surface area contributed by atoms with Crippen LogP contribution in [0.2, 0.25) is 0 Å². The average molecular weight is 550 g/mol. The first-order chi connectivity index (χ1) is 18.6. The minimum absolute atomic E-state index is 0.0691. The van der Waals surface area contributed by atoms with E-state index in [-0.39, 0.29) is 31.1 Å². The second-order valence-electron chi connectivity index (χ2n) is 9.04. The van der Waals surface area contributed by atoms with Crippen LogP contribution < -0.4 is 5.32 Å². The maximum Gasteiger partial charge on any atom is 0.407 e. The summed E-state index contributed by atoms with van der Waals surface area (Å²) in [5, 5.41) is 3.05. The quantitative estimate of drug-likeness (QED) is 0.188. The first-order valence-corrected chi connectivity index (χ1v) is 14.3. The minimum Gasteiger partial charge on any atom is -0.460 e. The second kappa shape index (κ2) is 15.0. The summed E-state index contributed by atoms with van der Waals surface area (Å²) in [4.78, 5) is 35.2. The van der Waals surface area contributed by atoms with E-state index in [1.807, 2.05) is 36.4 Å². The number of thiazole rings is 2. The number of aromatic nitrogens is 2. The number of nitrogens with one attached hydrogen (secondary N) is 1. The fourth-order valence-electron chi connectivity index (χ4n) is 4.20. The Morgan fingerprint density at radius 3 is 1.92 bits per heavy atom. The Labute approximate surface area is 230 Å². The monoisotopic (exact) mass is 549 g/mol. The van der Waals surface area contributed by atoms with Crippen molar-refractivity contribution in [2.24, 2.45) is 5.92 Å². The molecule has 2 atom stereocenters. The molecule has 2 heterocycles. The van der Waals surface area contributed by atoms with E-state index in [9.17, 15) is 9.59 Å². The smallest absolute Gasteiger partial charge is 0.407 e. The lowest BCUT2D eigenvalue weighted by atomic mass is 9.89. The van der Waals surface area contributed by atoms with Crippen LogP contribution in [0.5, 0.6) is 0 Å². The van der Waals surface area contributed by atoms with Crippen LogP contribution in [0.25, 0.3) is 0 Å². The van der Waals surface area contributed by atoms with Gasteiger partial charge in [-0.2, -0.15) is 0 Å². The van der Waals surface area contributed by atoms with E-state index in [1.165, 1.54) is 28.2 Å². The standard InChI is InChI=1S/C29H31N3O4S2/c33-28(35-18-26-16-30-20-37-26)15-24(13-22-7-3-1-4-8-22)11-12-25(14-23-9-5-2-6-10-23)32-29(34)36-19-27-17-31-21-38-27/h1-10,16-17,20-21,24-25H,11-15,18-19H2,(H,32,34)/t24-,25+/m0/s1. The molecule has 9 heteroatoms. The third-order valence-corrected chi connectivity index (χ3v) is 7.59. The number of nitrogens with zero attached hydrogens (tertiary/aromatic N) is 2. The summed E-state index contributed by atoms with van der Waals surface area (Å²) in [6.07, 6.45) is 6.13. The van der Waals surface area contributed by atoms with Crippen molar-refractivity contribution in [1.29, 1.82) is 0 Å². The Hall–Kier alpha value is -3.56. The molecule has 0 fully saturated rings. The van der Waals surface area contributed by atoms with Gasteiger partial charge in [0.25, 0.3) is 0 Å². The molecule has 198 valence electrons. The first kappa shape index (κ1) is 27.5. The zero-order valence-corrected chi connectivity index (χ0v) is 22.7. The molecule has 0 aliphatic rings. The summed E-state index contributed by atoms with van der Waals surface area (Å²) in [5.41, 5.74) is 5.74. The van der Waals surface area contributed by atoms with Crippen molar-refractivity contribution in [3.05, 3.63) is 105 Å². The second-order valence-corrected chi connectivity index (χ2v) is 11.0. The molecule has 0 spiro atoms. The molecule has 7 nitrogen and oxygen atoms in total. The molecule has 1 amide bonds. The van der Waals surface area contributed by atoms with Gasteiger partial charge in [-0.1, -0.05) is 60.7 Å². The zero-order valence-electron chi connectivity index (χ0n) is 21.0. The van der Waals surface area contributed by atoms with E-state index in [0.717, 1.165) is 28.2 Å². The lowest BCUT2D eigenvalue weighted by Crippen LogP contribution is -2.37. The van der Waals surface area contributed by atoms with Crippen molar-refractivity contribution in [2.45, 2.75) is 51.4 Å². The highest BCUT2D eigenvalue weighted by atomic mass is 32.1. The third-order valence-electron chi connectivity index (χ3n) is 6.08. The lowest BCUT2D eigenvalue weighted by Gasteiger charge is -2.22. The van der Waals surface area contributed by atoms with Crippen molar-refractivity contribution in [2.75, 3.05) is 0 Å². The Morgan fingerprint density at radius 2 is 1.34 bits per heavy atom. The molecule has 0 bridgehead atoms. The molecule has 4 rings (SSSR count). The van der Waals surface area contributed by atoms with Gasteiger partial charge < -0.3 is 14.8 Å². The molecule has 0 saturated heterocycles. The van der Waals surface area contributed by atoms with Crippen LogP contribution in [-0.2, 0) is 40.3 Å². The van der Waals surface area contributed by atoms with Gasteiger partial charge in [-0.05, 0) is 42.7 Å². The summed E-state index contributed by atoms with van der Waals surface area (Å²) in [6.45, 7) is 0.433. The number of rotatable bonds is 14. The average Bonchev–Trinajstić information content (AvgIpc) is 3.65. The highest BCUT2D eigenvalue weighted by Crippen LogP contribution is 2.22. The SMILES string of the molecule is O=C(C[C@@H](CC[C@H](Cc1ccccc1)NC(=O)OCc1cncs1)Cc1ccccc1)OCc1cncs1. The maximum atomic E-state index is 12.7. The van der Waals surface area contributed by atoms with Gasteiger partial charge in [0.1, 0.15) is 13.2 Å². The number of carbonyl (C=O) groups excluding carboxylic acids is 2. The normalized spacial score (nSPS) is 12.4. The van der Waals surface area contributed by atoms with Gasteiger partial charge in [0.2, 0.25) is 0 Å².